The molecule has 0 atom stereocenters. The molecule has 1 saturated heterocycles. The minimum atomic E-state index is -3.25. The van der Waals surface area contributed by atoms with Crippen LogP contribution in [0.3, 0.4) is 0 Å². The first-order valence-corrected chi connectivity index (χ1v) is 8.70. The van der Waals surface area contributed by atoms with Gasteiger partial charge in [0.1, 0.15) is 0 Å². The van der Waals surface area contributed by atoms with Gasteiger partial charge in [0, 0.05) is 20.0 Å². The summed E-state index contributed by atoms with van der Waals surface area (Å²) in [6.45, 7) is 8.26. The molecule has 21 heavy (non-hydrogen) atoms. The van der Waals surface area contributed by atoms with E-state index in [1.807, 2.05) is 20.8 Å². The van der Waals surface area contributed by atoms with E-state index in [0.717, 1.165) is 0 Å². The van der Waals surface area contributed by atoms with Crippen LogP contribution in [-0.4, -0.2) is 41.7 Å². The molecule has 2 heterocycles. The third kappa shape index (κ3) is 3.81. The van der Waals surface area contributed by atoms with E-state index in [9.17, 15) is 8.42 Å². The SMILES string of the molecule is Cc1nc(C2(N)CCN(S(=O)(=O)CC(C)(C)C)CC2)no1. The maximum Gasteiger partial charge on any atom is 0.223 e. The van der Waals surface area contributed by atoms with Gasteiger partial charge in [-0.2, -0.15) is 4.98 Å². The van der Waals surface area contributed by atoms with Crippen molar-refractivity contribution in [1.29, 1.82) is 0 Å². The fourth-order valence-electron chi connectivity index (χ4n) is 2.53. The lowest BCUT2D eigenvalue weighted by Gasteiger charge is -2.37. The lowest BCUT2D eigenvalue weighted by atomic mass is 9.89. The Bertz CT molecular complexity index is 595. The molecule has 2 N–H and O–H groups in total. The lowest BCUT2D eigenvalue weighted by Crippen LogP contribution is -2.51. The highest BCUT2D eigenvalue weighted by atomic mass is 32.2. The molecule has 0 spiro atoms. The van der Waals surface area contributed by atoms with E-state index >= 15 is 0 Å². The fourth-order valence-corrected chi connectivity index (χ4v) is 4.54. The highest BCUT2D eigenvalue weighted by Gasteiger charge is 2.40. The summed E-state index contributed by atoms with van der Waals surface area (Å²) in [5, 5.41) is 3.88. The monoisotopic (exact) mass is 316 g/mol. The van der Waals surface area contributed by atoms with Crippen molar-refractivity contribution in [2.75, 3.05) is 18.8 Å². The van der Waals surface area contributed by atoms with Gasteiger partial charge in [-0.1, -0.05) is 25.9 Å². The summed E-state index contributed by atoms with van der Waals surface area (Å²) in [5.74, 6) is 1.07. The zero-order valence-electron chi connectivity index (χ0n) is 13.1. The Morgan fingerprint density at radius 3 is 2.33 bits per heavy atom. The number of rotatable bonds is 3. The average Bonchev–Trinajstić information content (AvgIpc) is 2.74. The predicted molar refractivity (Wildman–Crippen MR) is 78.9 cm³/mol. The van der Waals surface area contributed by atoms with Crippen molar-refractivity contribution in [3.05, 3.63) is 11.7 Å². The molecule has 7 nitrogen and oxygen atoms in total. The second-order valence-corrected chi connectivity index (χ2v) is 8.98. The summed E-state index contributed by atoms with van der Waals surface area (Å²) in [5.41, 5.74) is 5.35. The molecule has 1 aromatic heterocycles. The van der Waals surface area contributed by atoms with Crippen LogP contribution in [0.2, 0.25) is 0 Å². The van der Waals surface area contributed by atoms with Crippen molar-refractivity contribution in [2.45, 2.75) is 46.1 Å². The van der Waals surface area contributed by atoms with Crippen LogP contribution in [0.1, 0.15) is 45.3 Å². The van der Waals surface area contributed by atoms with E-state index in [2.05, 4.69) is 10.1 Å². The van der Waals surface area contributed by atoms with Crippen LogP contribution in [-0.2, 0) is 15.6 Å². The summed E-state index contributed by atoms with van der Waals surface area (Å²) in [7, 11) is -3.25. The zero-order valence-corrected chi connectivity index (χ0v) is 13.9. The van der Waals surface area contributed by atoms with E-state index in [1.165, 1.54) is 4.31 Å². The van der Waals surface area contributed by atoms with Crippen LogP contribution in [0.5, 0.6) is 0 Å². The Morgan fingerprint density at radius 2 is 1.90 bits per heavy atom. The normalized spacial score (nSPS) is 20.6. The van der Waals surface area contributed by atoms with Gasteiger partial charge in [-0.25, -0.2) is 12.7 Å². The minimum Gasteiger partial charge on any atom is -0.340 e. The second-order valence-electron chi connectivity index (χ2n) is 7.01. The van der Waals surface area contributed by atoms with Crippen LogP contribution in [0.25, 0.3) is 0 Å². The number of hydrogen-bond acceptors (Lipinski definition) is 6. The number of aryl methyl sites for hydroxylation is 1. The summed E-state index contributed by atoms with van der Waals surface area (Å²) in [4.78, 5) is 4.18. The number of nitrogens with two attached hydrogens (primary N) is 1. The molecule has 0 amide bonds. The van der Waals surface area contributed by atoms with Gasteiger partial charge >= 0.3 is 0 Å². The van der Waals surface area contributed by atoms with Gasteiger partial charge < -0.3 is 10.3 Å². The third-order valence-electron chi connectivity index (χ3n) is 3.60. The van der Waals surface area contributed by atoms with Gasteiger partial charge in [0.2, 0.25) is 15.9 Å². The molecule has 0 unspecified atom stereocenters. The summed E-state index contributed by atoms with van der Waals surface area (Å²) in [6.07, 6.45) is 0.991. The van der Waals surface area contributed by atoms with Crippen molar-refractivity contribution in [2.24, 2.45) is 11.1 Å². The van der Waals surface area contributed by atoms with Crippen molar-refractivity contribution in [3.63, 3.8) is 0 Å². The highest BCUT2D eigenvalue weighted by molar-refractivity contribution is 7.89. The molecular weight excluding hydrogens is 292 g/mol. The largest absolute Gasteiger partial charge is 0.340 e. The molecule has 8 heteroatoms. The number of piperidine rings is 1. The molecule has 0 aliphatic carbocycles. The molecule has 120 valence electrons. The lowest BCUT2D eigenvalue weighted by molar-refractivity contribution is 0.221. The number of aromatic nitrogens is 2. The van der Waals surface area contributed by atoms with Crippen molar-refractivity contribution in [1.82, 2.24) is 14.4 Å². The summed E-state index contributed by atoms with van der Waals surface area (Å²) >= 11 is 0. The van der Waals surface area contributed by atoms with Crippen molar-refractivity contribution >= 4 is 10.0 Å². The second kappa shape index (κ2) is 5.33. The minimum absolute atomic E-state index is 0.138. The van der Waals surface area contributed by atoms with Crippen LogP contribution < -0.4 is 5.73 Å². The molecule has 0 saturated carbocycles. The van der Waals surface area contributed by atoms with Gasteiger partial charge in [-0.05, 0) is 18.3 Å². The maximum atomic E-state index is 12.4. The molecular formula is C13H24N4O3S. The zero-order chi connectivity index (χ0) is 15.9. The van der Waals surface area contributed by atoms with Gasteiger partial charge in [0.15, 0.2) is 5.82 Å². The molecule has 0 bridgehead atoms. The van der Waals surface area contributed by atoms with E-state index in [1.54, 1.807) is 6.92 Å². The Hall–Kier alpha value is -0.990. The Balaban J connectivity index is 2.06. The van der Waals surface area contributed by atoms with Crippen LogP contribution in [0.15, 0.2) is 4.52 Å². The smallest absolute Gasteiger partial charge is 0.223 e. The molecule has 0 radical (unpaired) electrons. The first kappa shape index (κ1) is 16.4. The fraction of sp³-hybridized carbons (Fsp3) is 0.846. The third-order valence-corrected chi connectivity index (χ3v) is 5.98. The van der Waals surface area contributed by atoms with Crippen LogP contribution >= 0.6 is 0 Å². The standard InChI is InChI=1S/C13H24N4O3S/c1-10-15-11(16-20-10)13(14)5-7-17(8-6-13)21(18,19)9-12(2,3)4/h5-9,14H2,1-4H3. The topological polar surface area (TPSA) is 102 Å². The van der Waals surface area contributed by atoms with Crippen molar-refractivity contribution in [3.8, 4) is 0 Å². The molecule has 1 fully saturated rings. The predicted octanol–water partition coefficient (Wildman–Crippen LogP) is 1.00. The van der Waals surface area contributed by atoms with Crippen LogP contribution in [0, 0.1) is 12.3 Å². The van der Waals surface area contributed by atoms with Crippen LogP contribution in [0.4, 0.5) is 0 Å². The molecule has 1 aliphatic heterocycles. The Labute approximate surface area is 125 Å². The van der Waals surface area contributed by atoms with E-state index in [-0.39, 0.29) is 11.2 Å². The molecule has 1 aromatic rings. The summed E-state index contributed by atoms with van der Waals surface area (Å²) in [6, 6.07) is 0. The Morgan fingerprint density at radius 1 is 1.33 bits per heavy atom. The van der Waals surface area contributed by atoms with E-state index in [4.69, 9.17) is 10.3 Å². The van der Waals surface area contributed by atoms with Crippen molar-refractivity contribution < 1.29 is 12.9 Å². The number of nitrogens with zero attached hydrogens (tertiary/aromatic N) is 3. The van der Waals surface area contributed by atoms with Gasteiger partial charge in [0.05, 0.1) is 11.3 Å². The van der Waals surface area contributed by atoms with Gasteiger partial charge in [-0.15, -0.1) is 0 Å². The quantitative estimate of drug-likeness (QED) is 0.892. The summed E-state index contributed by atoms with van der Waals surface area (Å²) < 4.78 is 31.3. The number of sulfonamides is 1. The number of hydrogen-bond donors (Lipinski definition) is 1. The van der Waals surface area contributed by atoms with Gasteiger partial charge in [0.25, 0.3) is 0 Å². The highest BCUT2D eigenvalue weighted by Crippen LogP contribution is 2.30. The molecule has 2 rings (SSSR count). The Kier molecular flexibility index (Phi) is 4.16. The molecule has 1 aliphatic rings. The first-order chi connectivity index (χ1) is 9.52. The maximum absolute atomic E-state index is 12.4. The van der Waals surface area contributed by atoms with E-state index < -0.39 is 15.6 Å². The first-order valence-electron chi connectivity index (χ1n) is 7.09. The van der Waals surface area contributed by atoms with Gasteiger partial charge in [-0.3, -0.25) is 0 Å². The average molecular weight is 316 g/mol. The van der Waals surface area contributed by atoms with E-state index in [0.29, 0.717) is 37.6 Å². The molecule has 0 aromatic carbocycles.